The fourth-order valence-electron chi connectivity index (χ4n) is 4.83. The van der Waals surface area contributed by atoms with Crippen molar-refractivity contribution in [3.05, 3.63) is 57.5 Å². The average molecular weight is 437 g/mol. The lowest BCUT2D eigenvalue weighted by molar-refractivity contribution is -0.123. The summed E-state index contributed by atoms with van der Waals surface area (Å²) in [4.78, 5) is 28.0. The molecular weight excluding hydrogens is 400 g/mol. The molecule has 1 aromatic carbocycles. The molecule has 1 N–H and O–H groups in total. The van der Waals surface area contributed by atoms with E-state index in [1.54, 1.807) is 6.07 Å². The summed E-state index contributed by atoms with van der Waals surface area (Å²) in [7, 11) is 0. The van der Waals surface area contributed by atoms with Crippen molar-refractivity contribution in [3.8, 4) is 11.1 Å². The molecule has 172 valence electrons. The predicted octanol–water partition coefficient (Wildman–Crippen LogP) is 3.84. The molecule has 2 aliphatic rings. The van der Waals surface area contributed by atoms with Gasteiger partial charge < -0.3 is 10.2 Å². The zero-order valence-corrected chi connectivity index (χ0v) is 19.4. The first kappa shape index (κ1) is 22.5. The maximum absolute atomic E-state index is 13.0. The highest BCUT2D eigenvalue weighted by atomic mass is 16.2. The number of carbonyl (C=O) groups excluding carboxylic acids is 1. The normalized spacial score (nSPS) is 18.6. The summed E-state index contributed by atoms with van der Waals surface area (Å²) in [5.41, 5.74) is 5.00. The second kappa shape index (κ2) is 9.82. The fourth-order valence-corrected chi connectivity index (χ4v) is 4.83. The number of likely N-dealkylation sites (N-methyl/N-ethyl adjacent to an activating group) is 1. The van der Waals surface area contributed by atoms with E-state index in [4.69, 9.17) is 0 Å². The molecule has 1 saturated heterocycles. The Kier molecular flexibility index (Phi) is 6.89. The van der Waals surface area contributed by atoms with Gasteiger partial charge in [0.25, 0.3) is 5.56 Å². The van der Waals surface area contributed by atoms with E-state index < -0.39 is 0 Å². The van der Waals surface area contributed by atoms with Gasteiger partial charge in [-0.15, -0.1) is 0 Å². The van der Waals surface area contributed by atoms with E-state index in [1.807, 2.05) is 0 Å². The van der Waals surface area contributed by atoms with Gasteiger partial charge in [0, 0.05) is 25.6 Å². The van der Waals surface area contributed by atoms with Crippen molar-refractivity contribution in [2.75, 3.05) is 19.6 Å². The van der Waals surface area contributed by atoms with Gasteiger partial charge in [-0.25, -0.2) is 4.68 Å². The predicted molar refractivity (Wildman–Crippen MR) is 131 cm³/mol. The number of rotatable bonds is 6. The molecular formula is C26H36N4O2. The van der Waals surface area contributed by atoms with Crippen LogP contribution in [0.1, 0.15) is 64.2 Å². The molecule has 1 amide bonds. The lowest BCUT2D eigenvalue weighted by Crippen LogP contribution is -2.48. The summed E-state index contributed by atoms with van der Waals surface area (Å²) >= 11 is 0. The van der Waals surface area contributed by atoms with Gasteiger partial charge in [-0.2, -0.15) is 5.10 Å². The van der Waals surface area contributed by atoms with E-state index in [9.17, 15) is 9.59 Å². The summed E-state index contributed by atoms with van der Waals surface area (Å²) < 4.78 is 1.32. The Balaban J connectivity index is 0.00000306. The number of benzene rings is 1. The van der Waals surface area contributed by atoms with Crippen LogP contribution in [0.25, 0.3) is 17.2 Å². The van der Waals surface area contributed by atoms with Crippen LogP contribution in [0, 0.1) is 0 Å². The molecule has 0 spiro atoms. The summed E-state index contributed by atoms with van der Waals surface area (Å²) in [6, 6.07) is 8.07. The number of aromatic nitrogens is 2. The van der Waals surface area contributed by atoms with Crippen molar-refractivity contribution in [2.45, 2.75) is 65.0 Å². The molecule has 6 nitrogen and oxygen atoms in total. The molecule has 6 heteroatoms. The third-order valence-electron chi connectivity index (χ3n) is 6.54. The molecule has 0 saturated carbocycles. The molecule has 1 aliphatic carbocycles. The van der Waals surface area contributed by atoms with Crippen LogP contribution in [-0.4, -0.2) is 46.3 Å². The first-order valence-electron chi connectivity index (χ1n) is 11.9. The van der Waals surface area contributed by atoms with Crippen LogP contribution >= 0.6 is 0 Å². The third-order valence-corrected chi connectivity index (χ3v) is 6.54. The number of amides is 1. The Morgan fingerprint density at radius 1 is 1.31 bits per heavy atom. The Labute approximate surface area is 191 Å². The van der Waals surface area contributed by atoms with Gasteiger partial charge in [-0.05, 0) is 61.4 Å². The van der Waals surface area contributed by atoms with Gasteiger partial charge in [0.15, 0.2) is 0 Å². The molecule has 1 atom stereocenters. The lowest BCUT2D eigenvalue weighted by atomic mass is 9.88. The van der Waals surface area contributed by atoms with Crippen molar-refractivity contribution in [2.24, 2.45) is 0 Å². The number of nitrogens with one attached hydrogen (secondary N) is 1. The maximum Gasteiger partial charge on any atom is 0.267 e. The second-order valence-corrected chi connectivity index (χ2v) is 9.21. The van der Waals surface area contributed by atoms with E-state index >= 15 is 0 Å². The Morgan fingerprint density at radius 2 is 2.16 bits per heavy atom. The quantitative estimate of drug-likeness (QED) is 0.747. The number of hydrogen-bond acceptors (Lipinski definition) is 4. The number of aryl methyl sites for hydroxylation is 1. The maximum atomic E-state index is 13.0. The summed E-state index contributed by atoms with van der Waals surface area (Å²) in [5.74, 6) is -0.0233. The van der Waals surface area contributed by atoms with Crippen LogP contribution in [0.5, 0.6) is 0 Å². The molecule has 0 radical (unpaired) electrons. The topological polar surface area (TPSA) is 67.2 Å². The molecule has 2 heterocycles. The SMILES string of the molecule is CCN1CCC[C@@H](NC(=O)Cn2nc(C(C)C)c(-c3cccc4c3C=CCC4)cc2=O)C1.[HH]. The highest BCUT2D eigenvalue weighted by Crippen LogP contribution is 2.33. The number of hydrogen-bond donors (Lipinski definition) is 1. The minimum absolute atomic E-state index is 0. The van der Waals surface area contributed by atoms with Gasteiger partial charge in [-0.3, -0.25) is 9.59 Å². The molecule has 32 heavy (non-hydrogen) atoms. The average Bonchev–Trinajstić information content (AvgIpc) is 2.79. The minimum atomic E-state index is -0.240. The van der Waals surface area contributed by atoms with Gasteiger partial charge in [-0.1, -0.05) is 51.1 Å². The van der Waals surface area contributed by atoms with E-state index in [2.05, 4.69) is 66.4 Å². The van der Waals surface area contributed by atoms with E-state index in [0.29, 0.717) is 0 Å². The van der Waals surface area contributed by atoms with Crippen molar-refractivity contribution < 1.29 is 6.22 Å². The molecule has 4 rings (SSSR count). The van der Waals surface area contributed by atoms with Crippen LogP contribution in [0.4, 0.5) is 0 Å². The van der Waals surface area contributed by atoms with Crippen LogP contribution < -0.4 is 10.9 Å². The Hall–Kier alpha value is -2.73. The zero-order valence-electron chi connectivity index (χ0n) is 19.4. The molecule has 2 aromatic rings. The molecule has 0 bridgehead atoms. The van der Waals surface area contributed by atoms with E-state index in [-0.39, 0.29) is 31.4 Å². The monoisotopic (exact) mass is 436 g/mol. The number of piperidine rings is 1. The number of allylic oxidation sites excluding steroid dienone is 1. The zero-order chi connectivity index (χ0) is 22.7. The second-order valence-electron chi connectivity index (χ2n) is 9.21. The third kappa shape index (κ3) is 4.85. The van der Waals surface area contributed by atoms with Crippen LogP contribution in [-0.2, 0) is 17.8 Å². The van der Waals surface area contributed by atoms with Gasteiger partial charge in [0.2, 0.25) is 5.91 Å². The Morgan fingerprint density at radius 3 is 2.94 bits per heavy atom. The Bertz CT molecular complexity index is 1080. The molecule has 1 aliphatic heterocycles. The first-order chi connectivity index (χ1) is 15.5. The number of fused-ring (bicyclic) bond motifs is 1. The minimum Gasteiger partial charge on any atom is -0.350 e. The number of carbonyl (C=O) groups is 1. The van der Waals surface area contributed by atoms with Gasteiger partial charge in [0.1, 0.15) is 6.54 Å². The van der Waals surface area contributed by atoms with Crippen molar-refractivity contribution in [1.82, 2.24) is 20.0 Å². The highest BCUT2D eigenvalue weighted by molar-refractivity contribution is 5.79. The summed E-state index contributed by atoms with van der Waals surface area (Å²) in [5, 5.41) is 7.78. The van der Waals surface area contributed by atoms with E-state index in [0.717, 1.165) is 62.1 Å². The van der Waals surface area contributed by atoms with Crippen molar-refractivity contribution in [3.63, 3.8) is 0 Å². The number of nitrogens with zero attached hydrogens (tertiary/aromatic N) is 3. The molecule has 1 fully saturated rings. The summed E-state index contributed by atoms with van der Waals surface area (Å²) in [6.07, 6.45) is 8.45. The van der Waals surface area contributed by atoms with E-state index in [1.165, 1.54) is 15.8 Å². The largest absolute Gasteiger partial charge is 0.350 e. The summed E-state index contributed by atoms with van der Waals surface area (Å²) in [6.45, 7) is 9.19. The first-order valence-corrected chi connectivity index (χ1v) is 11.9. The number of likely N-dealkylation sites (tertiary alicyclic amines) is 1. The van der Waals surface area contributed by atoms with Crippen molar-refractivity contribution in [1.29, 1.82) is 0 Å². The molecule has 0 unspecified atom stereocenters. The van der Waals surface area contributed by atoms with Crippen LogP contribution in [0.2, 0.25) is 0 Å². The fraction of sp³-hybridized carbons (Fsp3) is 0.500. The van der Waals surface area contributed by atoms with Crippen molar-refractivity contribution >= 4 is 12.0 Å². The smallest absolute Gasteiger partial charge is 0.267 e. The van der Waals surface area contributed by atoms with Gasteiger partial charge in [0.05, 0.1) is 5.69 Å². The molecule has 1 aromatic heterocycles. The lowest BCUT2D eigenvalue weighted by Gasteiger charge is -2.32. The standard InChI is InChI=1S/C26H34N4O2.H2/c1-4-29-14-8-11-20(16-29)27-24(31)17-30-25(32)15-23(26(28-30)18(2)3)22-13-7-10-19-9-5-6-12-21(19)22;/h6-7,10,12-13,15,18,20H,4-5,8-9,11,14,16-17H2,1-3H3,(H,27,31);1H/t20-;/m1./s1. The van der Waals surface area contributed by atoms with Crippen LogP contribution in [0.15, 0.2) is 35.1 Å². The van der Waals surface area contributed by atoms with Crippen LogP contribution in [0.3, 0.4) is 0 Å². The van der Waals surface area contributed by atoms with Gasteiger partial charge >= 0.3 is 0 Å². The highest BCUT2D eigenvalue weighted by Gasteiger charge is 2.22.